The second-order valence-electron chi connectivity index (χ2n) is 4.21. The second-order valence-corrected chi connectivity index (χ2v) is 6.27. The van der Waals surface area contributed by atoms with Crippen molar-refractivity contribution in [3.63, 3.8) is 0 Å². The molecule has 2 aromatic rings. The molecule has 6 heteroatoms. The van der Waals surface area contributed by atoms with Gasteiger partial charge in [0.25, 0.3) is 0 Å². The summed E-state index contributed by atoms with van der Waals surface area (Å²) < 4.78 is 24.8. The molecule has 0 unspecified atom stereocenters. The maximum atomic E-state index is 11.6. The molecule has 0 saturated heterocycles. The molecule has 1 aromatic carbocycles. The van der Waals surface area contributed by atoms with E-state index >= 15 is 0 Å². The molecule has 0 amide bonds. The summed E-state index contributed by atoms with van der Waals surface area (Å²) >= 11 is 0. The lowest BCUT2D eigenvalue weighted by Gasteiger charge is -2.04. The first kappa shape index (κ1) is 11.2. The van der Waals surface area contributed by atoms with Crippen molar-refractivity contribution in [2.24, 2.45) is 0 Å². The highest BCUT2D eigenvalue weighted by atomic mass is 32.2. The maximum absolute atomic E-state index is 11.6. The van der Waals surface area contributed by atoms with Crippen LogP contribution in [0.2, 0.25) is 0 Å². The molecule has 0 bridgehead atoms. The Morgan fingerprint density at radius 2 is 1.89 bits per heavy atom. The molecule has 2 heterocycles. The zero-order valence-electron chi connectivity index (χ0n) is 9.41. The van der Waals surface area contributed by atoms with Crippen molar-refractivity contribution in [1.29, 1.82) is 0 Å². The van der Waals surface area contributed by atoms with Crippen LogP contribution in [0.15, 0.2) is 30.3 Å². The van der Waals surface area contributed by atoms with E-state index in [9.17, 15) is 13.2 Å². The van der Waals surface area contributed by atoms with E-state index in [0.717, 1.165) is 5.69 Å². The third-order valence-corrected chi connectivity index (χ3v) is 4.40. The van der Waals surface area contributed by atoms with Gasteiger partial charge in [0.1, 0.15) is 5.69 Å². The third-order valence-electron chi connectivity index (χ3n) is 2.95. The summed E-state index contributed by atoms with van der Waals surface area (Å²) in [5, 5.41) is 4.17. The normalized spacial score (nSPS) is 16.4. The number of nitrogens with zero attached hydrogens (tertiary/aromatic N) is 2. The molecule has 1 aliphatic rings. The monoisotopic (exact) mass is 262 g/mol. The minimum absolute atomic E-state index is 0.0575. The number of benzene rings is 1. The largest absolute Gasteiger partial charge is 0.296 e. The summed E-state index contributed by atoms with van der Waals surface area (Å²) in [5.74, 6) is -0.151. The number of rotatable bonds is 2. The predicted octanol–water partition coefficient (Wildman–Crippen LogP) is 1.11. The summed E-state index contributed by atoms with van der Waals surface area (Å²) in [6.07, 6.45) is 0.610. The highest BCUT2D eigenvalue weighted by Gasteiger charge is 2.32. The Morgan fingerprint density at radius 1 is 1.17 bits per heavy atom. The van der Waals surface area contributed by atoms with Gasteiger partial charge < -0.3 is 0 Å². The molecule has 0 fully saturated rings. The van der Waals surface area contributed by atoms with Gasteiger partial charge in [-0.15, -0.1) is 0 Å². The molecule has 1 aromatic heterocycles. The Bertz CT molecular complexity index is 717. The van der Waals surface area contributed by atoms with E-state index in [-0.39, 0.29) is 17.2 Å². The minimum atomic E-state index is -3.14. The van der Waals surface area contributed by atoms with Crippen LogP contribution in [0.3, 0.4) is 0 Å². The molecule has 0 atom stereocenters. The number of aromatic nitrogens is 2. The molecule has 0 radical (unpaired) electrons. The molecule has 0 N–H and O–H groups in total. The van der Waals surface area contributed by atoms with Crippen molar-refractivity contribution in [3.8, 4) is 5.69 Å². The summed E-state index contributed by atoms with van der Waals surface area (Å²) in [5.41, 5.74) is 2.12. The predicted molar refractivity (Wildman–Crippen MR) is 65.3 cm³/mol. The molecule has 0 spiro atoms. The van der Waals surface area contributed by atoms with Gasteiger partial charge in [-0.05, 0) is 12.1 Å². The lowest BCUT2D eigenvalue weighted by atomic mass is 10.2. The number of aldehydes is 1. The van der Waals surface area contributed by atoms with Gasteiger partial charge >= 0.3 is 0 Å². The van der Waals surface area contributed by atoms with Gasteiger partial charge in [-0.2, -0.15) is 5.10 Å². The van der Waals surface area contributed by atoms with E-state index in [0.29, 0.717) is 17.5 Å². The first-order valence-corrected chi connectivity index (χ1v) is 7.25. The Hall–Kier alpha value is -1.95. The standard InChI is InChI=1S/C12H10N2O3S/c15-6-11-10-7-18(16,17)8-12(10)14(13-11)9-4-2-1-3-5-9/h1-6H,7-8H2. The van der Waals surface area contributed by atoms with Crippen molar-refractivity contribution in [1.82, 2.24) is 9.78 Å². The number of fused-ring (bicyclic) bond motifs is 1. The van der Waals surface area contributed by atoms with Gasteiger partial charge in [0, 0.05) is 5.56 Å². The number of sulfone groups is 1. The Morgan fingerprint density at radius 3 is 2.56 bits per heavy atom. The van der Waals surface area contributed by atoms with Crippen molar-refractivity contribution in [2.45, 2.75) is 11.5 Å². The fourth-order valence-electron chi connectivity index (χ4n) is 2.17. The van der Waals surface area contributed by atoms with Crippen molar-refractivity contribution in [3.05, 3.63) is 47.3 Å². The average molecular weight is 262 g/mol. The molecule has 5 nitrogen and oxygen atoms in total. The van der Waals surface area contributed by atoms with E-state index in [1.54, 1.807) is 4.68 Å². The smallest absolute Gasteiger partial charge is 0.170 e. The van der Waals surface area contributed by atoms with E-state index in [4.69, 9.17) is 0 Å². The van der Waals surface area contributed by atoms with Crippen molar-refractivity contribution >= 4 is 16.1 Å². The van der Waals surface area contributed by atoms with Gasteiger partial charge in [0.2, 0.25) is 0 Å². The molecule has 3 rings (SSSR count). The Balaban J connectivity index is 2.23. The molecule has 18 heavy (non-hydrogen) atoms. The van der Waals surface area contributed by atoms with Gasteiger partial charge in [0.15, 0.2) is 16.1 Å². The molecule has 92 valence electrons. The van der Waals surface area contributed by atoms with E-state index in [2.05, 4.69) is 5.10 Å². The molecular formula is C12H10N2O3S. The number of hydrogen-bond donors (Lipinski definition) is 0. The van der Waals surface area contributed by atoms with Gasteiger partial charge in [-0.25, -0.2) is 13.1 Å². The summed E-state index contributed by atoms with van der Waals surface area (Å²) in [6, 6.07) is 9.20. The van der Waals surface area contributed by atoms with Crippen molar-refractivity contribution in [2.75, 3.05) is 0 Å². The van der Waals surface area contributed by atoms with Crippen LogP contribution in [0.5, 0.6) is 0 Å². The average Bonchev–Trinajstić information content (AvgIpc) is 2.83. The van der Waals surface area contributed by atoms with E-state index in [1.807, 2.05) is 30.3 Å². The van der Waals surface area contributed by atoms with Gasteiger partial charge in [-0.1, -0.05) is 18.2 Å². The summed E-state index contributed by atoms with van der Waals surface area (Å²) in [6.45, 7) is 0. The highest BCUT2D eigenvalue weighted by Crippen LogP contribution is 2.29. The van der Waals surface area contributed by atoms with Crippen LogP contribution in [-0.4, -0.2) is 24.5 Å². The fraction of sp³-hybridized carbons (Fsp3) is 0.167. The van der Waals surface area contributed by atoms with E-state index < -0.39 is 9.84 Å². The zero-order valence-corrected chi connectivity index (χ0v) is 10.2. The number of hydrogen-bond acceptors (Lipinski definition) is 4. The second kappa shape index (κ2) is 3.78. The number of para-hydroxylation sites is 1. The molecule has 0 saturated carbocycles. The minimum Gasteiger partial charge on any atom is -0.296 e. The summed E-state index contributed by atoms with van der Waals surface area (Å²) in [4.78, 5) is 11.0. The lowest BCUT2D eigenvalue weighted by Crippen LogP contribution is -2.05. The zero-order chi connectivity index (χ0) is 12.8. The first-order chi connectivity index (χ1) is 8.61. The fourth-order valence-corrected chi connectivity index (χ4v) is 3.74. The SMILES string of the molecule is O=Cc1nn(-c2ccccc2)c2c1CS(=O)(=O)C2. The van der Waals surface area contributed by atoms with Gasteiger partial charge in [0.05, 0.1) is 22.9 Å². The molecular weight excluding hydrogens is 252 g/mol. The van der Waals surface area contributed by atoms with Crippen molar-refractivity contribution < 1.29 is 13.2 Å². The third kappa shape index (κ3) is 1.65. The summed E-state index contributed by atoms with van der Waals surface area (Å²) in [7, 11) is -3.14. The van der Waals surface area contributed by atoms with E-state index in [1.165, 1.54) is 0 Å². The quantitative estimate of drug-likeness (QED) is 0.760. The molecule has 0 aliphatic carbocycles. The van der Waals surface area contributed by atoms with Crippen LogP contribution < -0.4 is 0 Å². The van der Waals surface area contributed by atoms with Crippen LogP contribution in [0, 0.1) is 0 Å². The maximum Gasteiger partial charge on any atom is 0.170 e. The Kier molecular flexibility index (Phi) is 2.34. The van der Waals surface area contributed by atoms with Crippen LogP contribution in [0.25, 0.3) is 5.69 Å². The van der Waals surface area contributed by atoms with Crippen LogP contribution in [-0.2, 0) is 21.3 Å². The topological polar surface area (TPSA) is 69.0 Å². The van der Waals surface area contributed by atoms with Crippen LogP contribution in [0.1, 0.15) is 21.7 Å². The lowest BCUT2D eigenvalue weighted by molar-refractivity contribution is 0.111. The van der Waals surface area contributed by atoms with Crippen LogP contribution >= 0.6 is 0 Å². The molecule has 1 aliphatic heterocycles. The number of carbonyl (C=O) groups is 1. The van der Waals surface area contributed by atoms with Gasteiger partial charge in [-0.3, -0.25) is 4.79 Å². The first-order valence-electron chi connectivity index (χ1n) is 5.42. The highest BCUT2D eigenvalue weighted by molar-refractivity contribution is 7.90. The Labute approximate surface area is 104 Å². The number of carbonyl (C=O) groups excluding carboxylic acids is 1. The van der Waals surface area contributed by atoms with Crippen LogP contribution in [0.4, 0.5) is 0 Å².